The molecule has 0 spiro atoms. The topological polar surface area (TPSA) is 66.5 Å². The Hall–Kier alpha value is -2.90. The van der Waals surface area contributed by atoms with Crippen LogP contribution >= 0.6 is 11.3 Å². The second kappa shape index (κ2) is 8.22. The van der Waals surface area contributed by atoms with Gasteiger partial charge in [-0.15, -0.1) is 11.3 Å². The molecule has 0 saturated heterocycles. The molecule has 1 atom stereocenters. The van der Waals surface area contributed by atoms with Crippen LogP contribution in [0.4, 0.5) is 11.4 Å². The second-order valence-corrected chi connectivity index (χ2v) is 10.8. The summed E-state index contributed by atoms with van der Waals surface area (Å²) in [6, 6.07) is 17.5. The van der Waals surface area contributed by atoms with Crippen molar-refractivity contribution in [2.24, 2.45) is 0 Å². The Balaban J connectivity index is 1.79. The molecule has 0 saturated carbocycles. The van der Waals surface area contributed by atoms with Gasteiger partial charge in [0.2, 0.25) is 0 Å². The largest absolute Gasteiger partial charge is 0.357 e. The van der Waals surface area contributed by atoms with Crippen LogP contribution in [0.25, 0.3) is 0 Å². The third-order valence-electron chi connectivity index (χ3n) is 6.09. The summed E-state index contributed by atoms with van der Waals surface area (Å²) in [6.45, 7) is 2.04. The monoisotopic (exact) mass is 464 g/mol. The lowest BCUT2D eigenvalue weighted by Crippen LogP contribution is -2.37. The fraction of sp³-hybridized carbons (Fsp3) is 0.240. The average molecular weight is 465 g/mol. The minimum atomic E-state index is -3.96. The Morgan fingerprint density at radius 3 is 2.53 bits per heavy atom. The minimum absolute atomic E-state index is 0.00601. The molecule has 1 aromatic heterocycles. The molecule has 2 aliphatic rings. The van der Waals surface area contributed by atoms with E-state index in [-0.39, 0.29) is 10.7 Å². The lowest BCUT2D eigenvalue weighted by atomic mass is 9.89. The number of carbonyl (C=O) groups excluding carboxylic acids is 1. The van der Waals surface area contributed by atoms with E-state index in [1.807, 2.05) is 60.8 Å². The highest BCUT2D eigenvalue weighted by molar-refractivity contribution is 7.92. The summed E-state index contributed by atoms with van der Waals surface area (Å²) < 4.78 is 29.8. The molecule has 2 aromatic carbocycles. The molecule has 5 nitrogen and oxygen atoms in total. The Morgan fingerprint density at radius 2 is 1.81 bits per heavy atom. The molecule has 3 aromatic rings. The lowest BCUT2D eigenvalue weighted by Gasteiger charge is -2.33. The van der Waals surface area contributed by atoms with Gasteiger partial charge in [0, 0.05) is 22.6 Å². The van der Waals surface area contributed by atoms with E-state index in [0.29, 0.717) is 23.4 Å². The molecule has 1 unspecified atom stereocenters. The fourth-order valence-electron chi connectivity index (χ4n) is 4.48. The first-order chi connectivity index (χ1) is 15.5. The third kappa shape index (κ3) is 3.45. The summed E-state index contributed by atoms with van der Waals surface area (Å²) >= 11 is 1.47. The van der Waals surface area contributed by atoms with Gasteiger partial charge in [-0.3, -0.25) is 9.10 Å². The maximum absolute atomic E-state index is 14.2. The van der Waals surface area contributed by atoms with Gasteiger partial charge >= 0.3 is 0 Å². The van der Waals surface area contributed by atoms with Gasteiger partial charge in [-0.2, -0.15) is 0 Å². The van der Waals surface area contributed by atoms with E-state index in [9.17, 15) is 13.2 Å². The Morgan fingerprint density at radius 1 is 1.03 bits per heavy atom. The first-order valence-electron chi connectivity index (χ1n) is 10.8. The van der Waals surface area contributed by atoms with Crippen molar-refractivity contribution < 1.29 is 13.2 Å². The van der Waals surface area contributed by atoms with E-state index >= 15 is 0 Å². The number of allylic oxidation sites excluding steroid dienone is 1. The molecule has 32 heavy (non-hydrogen) atoms. The van der Waals surface area contributed by atoms with Gasteiger partial charge in [-0.1, -0.05) is 37.3 Å². The number of nitrogens with zero attached hydrogens (tertiary/aromatic N) is 1. The van der Waals surface area contributed by atoms with E-state index in [0.717, 1.165) is 35.4 Å². The van der Waals surface area contributed by atoms with Crippen LogP contribution in [-0.2, 0) is 21.2 Å². The van der Waals surface area contributed by atoms with Crippen molar-refractivity contribution >= 4 is 38.5 Å². The van der Waals surface area contributed by atoms with Gasteiger partial charge < -0.3 is 5.32 Å². The van der Waals surface area contributed by atoms with Crippen LogP contribution in [0, 0.1) is 0 Å². The molecule has 164 valence electrons. The minimum Gasteiger partial charge on any atom is -0.357 e. The Bertz CT molecular complexity index is 1290. The molecule has 0 fully saturated rings. The van der Waals surface area contributed by atoms with Gasteiger partial charge in [0.25, 0.3) is 10.0 Å². The Labute approximate surface area is 192 Å². The summed E-state index contributed by atoms with van der Waals surface area (Å²) in [5, 5.41) is 5.34. The van der Waals surface area contributed by atoms with Crippen molar-refractivity contribution in [3.8, 4) is 0 Å². The highest BCUT2D eigenvalue weighted by Crippen LogP contribution is 2.48. The number of para-hydroxylation sites is 2. The number of hydrogen-bond donors (Lipinski definition) is 1. The first-order valence-corrected chi connectivity index (χ1v) is 13.1. The Kier molecular flexibility index (Phi) is 5.39. The number of benzene rings is 2. The molecule has 5 rings (SSSR count). The zero-order valence-corrected chi connectivity index (χ0v) is 19.4. The number of aryl methyl sites for hydroxylation is 1. The number of Topliss-reactive ketones (excluding diaryl/α,β-unsaturated/α-hetero) is 1. The maximum Gasteiger partial charge on any atom is 0.265 e. The van der Waals surface area contributed by atoms with E-state index in [1.54, 1.807) is 12.1 Å². The number of fused-ring (bicyclic) bond motifs is 1. The quantitative estimate of drug-likeness (QED) is 0.539. The van der Waals surface area contributed by atoms with Crippen molar-refractivity contribution in [3.63, 3.8) is 0 Å². The number of thiophene rings is 1. The second-order valence-electron chi connectivity index (χ2n) is 8.03. The van der Waals surface area contributed by atoms with Crippen LogP contribution in [0.3, 0.4) is 0 Å². The van der Waals surface area contributed by atoms with E-state index in [2.05, 4.69) is 5.32 Å². The number of sulfonamides is 1. The van der Waals surface area contributed by atoms with Crippen LogP contribution < -0.4 is 9.62 Å². The van der Waals surface area contributed by atoms with Gasteiger partial charge in [0.1, 0.15) is 6.04 Å². The van der Waals surface area contributed by atoms with Crippen molar-refractivity contribution in [1.29, 1.82) is 0 Å². The van der Waals surface area contributed by atoms with Crippen molar-refractivity contribution in [3.05, 3.63) is 87.8 Å². The van der Waals surface area contributed by atoms with Gasteiger partial charge in [-0.05, 0) is 60.5 Å². The number of rotatable bonds is 4. The number of hydrogen-bond acceptors (Lipinski definition) is 5. The number of anilines is 2. The van der Waals surface area contributed by atoms with E-state index < -0.39 is 16.1 Å². The summed E-state index contributed by atoms with van der Waals surface area (Å²) in [6.07, 6.45) is 2.74. The zero-order chi connectivity index (χ0) is 22.3. The predicted molar refractivity (Wildman–Crippen MR) is 128 cm³/mol. The van der Waals surface area contributed by atoms with Gasteiger partial charge in [0.15, 0.2) is 5.78 Å². The fourth-order valence-corrected chi connectivity index (χ4v) is 7.00. The maximum atomic E-state index is 14.2. The predicted octanol–water partition coefficient (Wildman–Crippen LogP) is 5.68. The van der Waals surface area contributed by atoms with Crippen molar-refractivity contribution in [2.75, 3.05) is 9.62 Å². The lowest BCUT2D eigenvalue weighted by molar-refractivity contribution is -0.116. The standard InChI is InChI=1S/C25H24N2O3S2/c1-2-17-12-14-18(15-13-17)32(29,30)27-21-9-4-3-7-19(21)26-20-8-5-10-22(28)24(20)25(27)23-11-6-16-31-23/h3-4,6-7,9,11-16,25-26H,2,5,8,10H2,1H3. The summed E-state index contributed by atoms with van der Waals surface area (Å²) in [4.78, 5) is 14.3. The molecular formula is C25H24N2O3S2. The van der Waals surface area contributed by atoms with Gasteiger partial charge in [-0.25, -0.2) is 8.42 Å². The van der Waals surface area contributed by atoms with E-state index in [1.165, 1.54) is 15.6 Å². The normalized spacial score (nSPS) is 18.6. The zero-order valence-electron chi connectivity index (χ0n) is 17.7. The van der Waals surface area contributed by atoms with Crippen molar-refractivity contribution in [2.45, 2.75) is 43.5 Å². The highest BCUT2D eigenvalue weighted by atomic mass is 32.2. The average Bonchev–Trinajstić information content (AvgIpc) is 3.28. The number of ketones is 1. The van der Waals surface area contributed by atoms with Crippen LogP contribution in [0.2, 0.25) is 0 Å². The molecule has 0 bridgehead atoms. The molecule has 1 aliphatic heterocycles. The van der Waals surface area contributed by atoms with Crippen molar-refractivity contribution in [1.82, 2.24) is 0 Å². The number of nitrogens with one attached hydrogen (secondary N) is 1. The summed E-state index contributed by atoms with van der Waals surface area (Å²) in [7, 11) is -3.96. The van der Waals surface area contributed by atoms with Crippen LogP contribution in [-0.4, -0.2) is 14.2 Å². The van der Waals surface area contributed by atoms with Crippen LogP contribution in [0.5, 0.6) is 0 Å². The summed E-state index contributed by atoms with van der Waals surface area (Å²) in [5.41, 5.74) is 3.70. The SMILES string of the molecule is CCc1ccc(S(=O)(=O)N2c3ccccc3NC3=C(C(=O)CCC3)C2c2cccs2)cc1. The molecule has 0 amide bonds. The smallest absolute Gasteiger partial charge is 0.265 e. The van der Waals surface area contributed by atoms with Gasteiger partial charge in [0.05, 0.1) is 16.3 Å². The van der Waals surface area contributed by atoms with Crippen LogP contribution in [0.1, 0.15) is 42.7 Å². The third-order valence-corrected chi connectivity index (χ3v) is 8.81. The molecule has 1 aliphatic carbocycles. The molecule has 7 heteroatoms. The highest BCUT2D eigenvalue weighted by Gasteiger charge is 2.42. The summed E-state index contributed by atoms with van der Waals surface area (Å²) in [5.74, 6) is 0.00601. The van der Waals surface area contributed by atoms with E-state index in [4.69, 9.17) is 0 Å². The molecular weight excluding hydrogens is 440 g/mol. The molecule has 1 N–H and O–H groups in total. The van der Waals surface area contributed by atoms with Crippen LogP contribution in [0.15, 0.2) is 82.2 Å². The number of carbonyl (C=O) groups is 1. The molecule has 2 heterocycles. The first kappa shape index (κ1) is 21.0. The molecule has 0 radical (unpaired) electrons.